The number of ether oxygens (including phenoxy) is 1. The molecule has 0 aliphatic carbocycles. The smallest absolute Gasteiger partial charge is 0.407 e. The number of piperidine rings is 1. The van der Waals surface area contributed by atoms with Crippen molar-refractivity contribution in [2.24, 2.45) is 17.3 Å². The predicted octanol–water partition coefficient (Wildman–Crippen LogP) is 4.46. The lowest BCUT2D eigenvalue weighted by atomic mass is 9.74. The molecule has 1 aromatic heterocycles. The normalized spacial score (nSPS) is 19.6. The summed E-state index contributed by atoms with van der Waals surface area (Å²) in [5.41, 5.74) is 0.240. The Kier molecular flexibility index (Phi) is 10.4. The van der Waals surface area contributed by atoms with Gasteiger partial charge in [-0.05, 0) is 49.1 Å². The summed E-state index contributed by atoms with van der Waals surface area (Å²) in [4.78, 5) is 41.7. The van der Waals surface area contributed by atoms with E-state index in [2.05, 4.69) is 10.3 Å². The number of hydrogen-bond acceptors (Lipinski definition) is 6. The molecule has 2 amide bonds. The number of hydrogen-bond donors (Lipinski definition) is 1. The summed E-state index contributed by atoms with van der Waals surface area (Å²) in [5, 5.41) is 18.6. The number of benzene rings is 1. The minimum absolute atomic E-state index is 0.0474. The van der Waals surface area contributed by atoms with E-state index in [1.165, 1.54) is 15.6 Å². The Morgan fingerprint density at radius 1 is 1.25 bits per heavy atom. The van der Waals surface area contributed by atoms with Crippen molar-refractivity contribution in [1.29, 1.82) is 0 Å². The van der Waals surface area contributed by atoms with Crippen LogP contribution in [0.15, 0.2) is 24.3 Å². The Labute approximate surface area is 235 Å². The van der Waals surface area contributed by atoms with Gasteiger partial charge in [0.25, 0.3) is 5.91 Å². The van der Waals surface area contributed by atoms with Gasteiger partial charge >= 0.3 is 6.09 Å². The maximum atomic E-state index is 14.8. The van der Waals surface area contributed by atoms with Crippen LogP contribution in [0.4, 0.5) is 9.18 Å². The second kappa shape index (κ2) is 13.3. The van der Waals surface area contributed by atoms with E-state index in [1.807, 2.05) is 34.6 Å². The Bertz CT molecular complexity index is 1180. The van der Waals surface area contributed by atoms with E-state index in [-0.39, 0.29) is 23.8 Å². The second-order valence-corrected chi connectivity index (χ2v) is 12.0. The third kappa shape index (κ3) is 7.04. The maximum absolute atomic E-state index is 14.8. The number of carbonyl (C=O) groups is 3. The molecular weight excluding hydrogens is 517 g/mol. The van der Waals surface area contributed by atoms with E-state index in [0.29, 0.717) is 38.1 Å². The van der Waals surface area contributed by atoms with Crippen LogP contribution in [0.1, 0.15) is 70.1 Å². The molecule has 1 aromatic carbocycles. The van der Waals surface area contributed by atoms with Crippen LogP contribution in [0, 0.1) is 23.1 Å². The average molecular weight is 560 g/mol. The Balaban J connectivity index is 2.13. The first-order chi connectivity index (χ1) is 18.9. The zero-order chi connectivity index (χ0) is 29.6. The molecule has 0 radical (unpaired) electrons. The molecule has 1 N–H and O–H groups in total. The van der Waals surface area contributed by atoms with Crippen molar-refractivity contribution in [3.63, 3.8) is 0 Å². The molecule has 3 rings (SSSR count). The fourth-order valence-corrected chi connectivity index (χ4v) is 5.67. The molecule has 0 bridgehead atoms. The van der Waals surface area contributed by atoms with Crippen LogP contribution in [0.5, 0.6) is 0 Å². The van der Waals surface area contributed by atoms with E-state index >= 15 is 0 Å². The van der Waals surface area contributed by atoms with E-state index < -0.39 is 41.2 Å². The van der Waals surface area contributed by atoms with E-state index in [4.69, 9.17) is 4.74 Å². The Morgan fingerprint density at radius 3 is 2.52 bits per heavy atom. The number of aromatic nitrogens is 3. The van der Waals surface area contributed by atoms with Gasteiger partial charge in [-0.2, -0.15) is 0 Å². The monoisotopic (exact) mass is 559 g/mol. The largest absolute Gasteiger partial charge is 0.465 e. The number of carboxylic acid groups (broad SMARTS) is 1. The fourth-order valence-electron chi connectivity index (χ4n) is 5.67. The number of halogens is 1. The molecule has 40 heavy (non-hydrogen) atoms. The number of para-hydroxylation sites is 1. The van der Waals surface area contributed by atoms with Crippen LogP contribution < -0.4 is 0 Å². The van der Waals surface area contributed by atoms with E-state index in [9.17, 15) is 23.9 Å². The Hall–Kier alpha value is -3.34. The number of likely N-dealkylation sites (tertiary alicyclic amines) is 1. The molecule has 11 heteroatoms. The number of aldehydes is 1. The summed E-state index contributed by atoms with van der Waals surface area (Å²) in [7, 11) is 1.62. The number of methoxy groups -OCH3 is 1. The van der Waals surface area contributed by atoms with Crippen LogP contribution in [0.2, 0.25) is 0 Å². The van der Waals surface area contributed by atoms with Gasteiger partial charge in [-0.1, -0.05) is 52.0 Å². The predicted molar refractivity (Wildman–Crippen MR) is 148 cm³/mol. The molecule has 220 valence electrons. The highest BCUT2D eigenvalue weighted by Gasteiger charge is 2.48. The van der Waals surface area contributed by atoms with Gasteiger partial charge in [0.2, 0.25) is 0 Å². The zero-order valence-electron chi connectivity index (χ0n) is 24.3. The Morgan fingerprint density at radius 2 is 1.95 bits per heavy atom. The van der Waals surface area contributed by atoms with E-state index in [1.54, 1.807) is 30.2 Å². The molecule has 1 aliphatic rings. The van der Waals surface area contributed by atoms with Crippen LogP contribution >= 0.6 is 0 Å². The van der Waals surface area contributed by atoms with Crippen molar-refractivity contribution in [3.05, 3.63) is 41.5 Å². The minimum atomic E-state index is -1.13. The second-order valence-electron chi connectivity index (χ2n) is 12.0. The van der Waals surface area contributed by atoms with Gasteiger partial charge in [0.1, 0.15) is 17.8 Å². The molecule has 0 saturated carbocycles. The molecular formula is C29H42FN5O5. The number of amides is 2. The minimum Gasteiger partial charge on any atom is -0.465 e. The van der Waals surface area contributed by atoms with Crippen LogP contribution in [0.3, 0.4) is 0 Å². The molecule has 3 atom stereocenters. The van der Waals surface area contributed by atoms with Gasteiger partial charge in [-0.25, -0.2) is 13.9 Å². The molecule has 1 aliphatic heterocycles. The topological polar surface area (TPSA) is 118 Å². The van der Waals surface area contributed by atoms with Crippen LogP contribution in [0.25, 0.3) is 5.69 Å². The number of rotatable bonds is 11. The van der Waals surface area contributed by atoms with Gasteiger partial charge in [-0.15, -0.1) is 5.10 Å². The van der Waals surface area contributed by atoms with Crippen molar-refractivity contribution in [2.75, 3.05) is 26.8 Å². The molecule has 2 heterocycles. The summed E-state index contributed by atoms with van der Waals surface area (Å²) in [6, 6.07) is 5.05. The molecule has 10 nitrogen and oxygen atoms in total. The zero-order valence-corrected chi connectivity index (χ0v) is 24.3. The van der Waals surface area contributed by atoms with Crippen molar-refractivity contribution >= 4 is 18.3 Å². The first kappa shape index (κ1) is 31.2. The molecule has 2 aromatic rings. The number of carbonyl (C=O) groups excluding carboxylic acids is 2. The third-order valence-electron chi connectivity index (χ3n) is 7.28. The lowest BCUT2D eigenvalue weighted by Gasteiger charge is -2.51. The van der Waals surface area contributed by atoms with Gasteiger partial charge < -0.3 is 24.4 Å². The SMILES string of the molecule is COCCCCc1c(C(=O)N(CC(C)C)[C@H]2C[C@@H](C=O)CN(C(=O)O)C2C(C)(C)C)nnn1-c1ccccc1F. The standard InChI is InChI=1S/C29H42FN5O5/c1-19(2)16-33(24-15-20(18-36)17-34(28(38)39)26(24)29(3,4)5)27(37)25-23(13-9-10-14-40-6)35(32-31-25)22-12-8-7-11-21(22)30/h7-8,11-12,18-20,24,26H,9-10,13-17H2,1-6H3,(H,38,39)/t20-,24+,26?/m1/s1. The highest BCUT2D eigenvalue weighted by atomic mass is 19.1. The average Bonchev–Trinajstić information content (AvgIpc) is 3.31. The summed E-state index contributed by atoms with van der Waals surface area (Å²) >= 11 is 0. The third-order valence-corrected chi connectivity index (χ3v) is 7.28. The summed E-state index contributed by atoms with van der Waals surface area (Å²) in [5.74, 6) is -1.40. The van der Waals surface area contributed by atoms with Crippen molar-refractivity contribution in [3.8, 4) is 5.69 Å². The van der Waals surface area contributed by atoms with Gasteiger partial charge in [-0.3, -0.25) is 4.79 Å². The highest BCUT2D eigenvalue weighted by Crippen LogP contribution is 2.37. The van der Waals surface area contributed by atoms with Crippen LogP contribution in [-0.2, 0) is 16.0 Å². The maximum Gasteiger partial charge on any atom is 0.407 e. The van der Waals surface area contributed by atoms with Crippen molar-refractivity contribution in [2.45, 2.75) is 72.4 Å². The number of nitrogens with zero attached hydrogens (tertiary/aromatic N) is 5. The quantitative estimate of drug-likeness (QED) is 0.319. The van der Waals surface area contributed by atoms with Gasteiger partial charge in [0, 0.05) is 32.7 Å². The first-order valence-corrected chi connectivity index (χ1v) is 13.8. The first-order valence-electron chi connectivity index (χ1n) is 13.8. The van der Waals surface area contributed by atoms with Gasteiger partial charge in [0.05, 0.1) is 17.8 Å². The fraction of sp³-hybridized carbons (Fsp3) is 0.621. The van der Waals surface area contributed by atoms with Crippen molar-refractivity contribution in [1.82, 2.24) is 24.8 Å². The van der Waals surface area contributed by atoms with E-state index in [0.717, 1.165) is 12.7 Å². The molecule has 0 spiro atoms. The highest BCUT2D eigenvalue weighted by molar-refractivity contribution is 5.94. The van der Waals surface area contributed by atoms with Gasteiger partial charge in [0.15, 0.2) is 5.69 Å². The summed E-state index contributed by atoms with van der Waals surface area (Å²) in [6.07, 6.45) is 1.78. The molecule has 1 fully saturated rings. The lowest BCUT2D eigenvalue weighted by molar-refractivity contribution is -0.115. The van der Waals surface area contributed by atoms with Crippen LogP contribution in [-0.4, -0.2) is 87.1 Å². The van der Waals surface area contributed by atoms with Crippen molar-refractivity contribution < 1.29 is 28.6 Å². The lowest BCUT2D eigenvalue weighted by Crippen LogP contribution is -2.65. The summed E-state index contributed by atoms with van der Waals surface area (Å²) < 4.78 is 21.4. The summed E-state index contributed by atoms with van der Waals surface area (Å²) in [6.45, 7) is 10.7. The molecule has 1 saturated heterocycles. The number of unbranched alkanes of at least 4 members (excludes halogenated alkanes) is 1. The molecule has 1 unspecified atom stereocenters.